The Labute approximate surface area is 123 Å². The second-order valence-corrected chi connectivity index (χ2v) is 6.34. The van der Waals surface area contributed by atoms with E-state index in [0.29, 0.717) is 6.42 Å². The first-order valence-electron chi connectivity index (χ1n) is 7.52. The summed E-state index contributed by atoms with van der Waals surface area (Å²) in [6, 6.07) is 6.04. The fraction of sp³-hybridized carbons (Fsp3) is 0.500. The Morgan fingerprint density at radius 3 is 3.24 bits per heavy atom. The molecule has 1 unspecified atom stereocenters. The van der Waals surface area contributed by atoms with E-state index in [-0.39, 0.29) is 11.3 Å². The Bertz CT molecular complexity index is 673. The van der Waals surface area contributed by atoms with Gasteiger partial charge in [-0.1, -0.05) is 12.1 Å². The van der Waals surface area contributed by atoms with Crippen molar-refractivity contribution in [2.24, 2.45) is 5.41 Å². The molecule has 2 aliphatic heterocycles. The standard InChI is InChI=1S/C16H19N3O2/c20-15(19-5-3-16(10-19)4-6-21-11-16)8-12-1-2-13-9-17-18-14(13)7-12/h1-2,7,9H,3-6,8,10-11H2,(H,17,18). The van der Waals surface area contributed by atoms with Crippen molar-refractivity contribution in [1.82, 2.24) is 15.1 Å². The second kappa shape index (κ2) is 4.84. The number of nitrogens with one attached hydrogen (secondary N) is 1. The zero-order valence-corrected chi connectivity index (χ0v) is 12.0. The van der Waals surface area contributed by atoms with Crippen molar-refractivity contribution in [2.45, 2.75) is 19.3 Å². The summed E-state index contributed by atoms with van der Waals surface area (Å²) in [5.74, 6) is 0.220. The van der Waals surface area contributed by atoms with Crippen LogP contribution in [0.3, 0.4) is 0 Å². The van der Waals surface area contributed by atoms with Gasteiger partial charge in [0.15, 0.2) is 0 Å². The molecule has 1 N–H and O–H groups in total. The SMILES string of the molecule is O=C(Cc1ccc2cn[nH]c2c1)N1CCC2(CCOC2)C1. The molecule has 2 saturated heterocycles. The molecule has 4 rings (SSSR count). The number of aromatic amines is 1. The molecule has 1 aromatic heterocycles. The van der Waals surface area contributed by atoms with Gasteiger partial charge in [0, 0.05) is 30.5 Å². The lowest BCUT2D eigenvalue weighted by Crippen LogP contribution is -2.33. The van der Waals surface area contributed by atoms with Gasteiger partial charge in [0.2, 0.25) is 5.91 Å². The number of carbonyl (C=O) groups is 1. The van der Waals surface area contributed by atoms with Gasteiger partial charge in [-0.3, -0.25) is 9.89 Å². The Balaban J connectivity index is 1.45. The summed E-state index contributed by atoms with van der Waals surface area (Å²) < 4.78 is 5.52. The quantitative estimate of drug-likeness (QED) is 0.914. The number of rotatable bonds is 2. The van der Waals surface area contributed by atoms with Crippen LogP contribution in [0.5, 0.6) is 0 Å². The average Bonchev–Trinajstić information content (AvgIpc) is 3.21. The number of ether oxygens (including phenoxy) is 1. The van der Waals surface area contributed by atoms with E-state index in [2.05, 4.69) is 10.2 Å². The molecular weight excluding hydrogens is 266 g/mol. The summed E-state index contributed by atoms with van der Waals surface area (Å²) in [5.41, 5.74) is 2.27. The smallest absolute Gasteiger partial charge is 0.227 e. The molecule has 2 fully saturated rings. The lowest BCUT2D eigenvalue weighted by molar-refractivity contribution is -0.129. The van der Waals surface area contributed by atoms with Gasteiger partial charge < -0.3 is 9.64 Å². The van der Waals surface area contributed by atoms with E-state index in [0.717, 1.165) is 55.6 Å². The fourth-order valence-corrected chi connectivity index (χ4v) is 3.50. The van der Waals surface area contributed by atoms with E-state index in [4.69, 9.17) is 4.74 Å². The highest BCUT2D eigenvalue weighted by Gasteiger charge is 2.42. The number of benzene rings is 1. The molecule has 1 spiro atoms. The van der Waals surface area contributed by atoms with E-state index < -0.39 is 0 Å². The summed E-state index contributed by atoms with van der Waals surface area (Å²) in [5, 5.41) is 8.04. The Kier molecular flexibility index (Phi) is 2.96. The highest BCUT2D eigenvalue weighted by molar-refractivity contribution is 5.83. The third kappa shape index (κ3) is 2.31. The van der Waals surface area contributed by atoms with Gasteiger partial charge in [-0.05, 0) is 24.5 Å². The second-order valence-electron chi connectivity index (χ2n) is 6.34. The molecule has 0 bridgehead atoms. The van der Waals surface area contributed by atoms with Crippen LogP contribution in [0.2, 0.25) is 0 Å². The van der Waals surface area contributed by atoms with Crippen LogP contribution in [0.15, 0.2) is 24.4 Å². The van der Waals surface area contributed by atoms with Crippen molar-refractivity contribution in [2.75, 3.05) is 26.3 Å². The monoisotopic (exact) mass is 285 g/mol. The van der Waals surface area contributed by atoms with Gasteiger partial charge in [-0.2, -0.15) is 5.10 Å². The van der Waals surface area contributed by atoms with Crippen molar-refractivity contribution in [3.05, 3.63) is 30.0 Å². The minimum Gasteiger partial charge on any atom is -0.381 e. The Morgan fingerprint density at radius 2 is 2.38 bits per heavy atom. The minimum atomic E-state index is 0.220. The van der Waals surface area contributed by atoms with Crippen LogP contribution in [-0.4, -0.2) is 47.3 Å². The molecular formula is C16H19N3O2. The molecule has 1 amide bonds. The molecule has 0 aliphatic carbocycles. The van der Waals surface area contributed by atoms with Gasteiger partial charge in [0.05, 0.1) is 24.7 Å². The first-order chi connectivity index (χ1) is 10.2. The summed E-state index contributed by atoms with van der Waals surface area (Å²) in [6.45, 7) is 3.39. The molecule has 0 radical (unpaired) electrons. The third-order valence-electron chi connectivity index (χ3n) is 4.84. The first kappa shape index (κ1) is 12.8. The number of amides is 1. The molecule has 5 nitrogen and oxygen atoms in total. The molecule has 2 aromatic rings. The van der Waals surface area contributed by atoms with Crippen molar-refractivity contribution >= 4 is 16.8 Å². The molecule has 110 valence electrons. The number of hydrogen-bond acceptors (Lipinski definition) is 3. The summed E-state index contributed by atoms with van der Waals surface area (Å²) in [7, 11) is 0. The lowest BCUT2D eigenvalue weighted by atomic mass is 9.87. The molecule has 3 heterocycles. The van der Waals surface area contributed by atoms with Gasteiger partial charge in [0.25, 0.3) is 0 Å². The van der Waals surface area contributed by atoms with Crippen molar-refractivity contribution in [3.8, 4) is 0 Å². The number of H-pyrrole nitrogens is 1. The van der Waals surface area contributed by atoms with Crippen LogP contribution in [0.1, 0.15) is 18.4 Å². The van der Waals surface area contributed by atoms with Crippen LogP contribution < -0.4 is 0 Å². The third-order valence-corrected chi connectivity index (χ3v) is 4.84. The highest BCUT2D eigenvalue weighted by Crippen LogP contribution is 2.38. The van der Waals surface area contributed by atoms with Crippen molar-refractivity contribution < 1.29 is 9.53 Å². The van der Waals surface area contributed by atoms with Gasteiger partial charge >= 0.3 is 0 Å². The van der Waals surface area contributed by atoms with Crippen molar-refractivity contribution in [1.29, 1.82) is 0 Å². The summed E-state index contributed by atoms with van der Waals surface area (Å²) in [6.07, 6.45) is 4.44. The summed E-state index contributed by atoms with van der Waals surface area (Å²) in [4.78, 5) is 14.5. The number of likely N-dealkylation sites (tertiary alicyclic amines) is 1. The zero-order chi connectivity index (χ0) is 14.3. The van der Waals surface area contributed by atoms with Crippen LogP contribution in [0, 0.1) is 5.41 Å². The predicted octanol–water partition coefficient (Wildman–Crippen LogP) is 1.74. The number of carbonyl (C=O) groups excluding carboxylic acids is 1. The maximum absolute atomic E-state index is 12.5. The zero-order valence-electron chi connectivity index (χ0n) is 12.0. The van der Waals surface area contributed by atoms with Crippen LogP contribution in [0.4, 0.5) is 0 Å². The molecule has 0 saturated carbocycles. The van der Waals surface area contributed by atoms with Gasteiger partial charge in [0.1, 0.15) is 0 Å². The average molecular weight is 285 g/mol. The molecule has 21 heavy (non-hydrogen) atoms. The number of fused-ring (bicyclic) bond motifs is 1. The number of nitrogens with zero attached hydrogens (tertiary/aromatic N) is 2. The van der Waals surface area contributed by atoms with E-state index in [1.165, 1.54) is 0 Å². The molecule has 2 aliphatic rings. The van der Waals surface area contributed by atoms with E-state index >= 15 is 0 Å². The maximum Gasteiger partial charge on any atom is 0.227 e. The van der Waals surface area contributed by atoms with Gasteiger partial charge in [-0.25, -0.2) is 0 Å². The van der Waals surface area contributed by atoms with Crippen LogP contribution >= 0.6 is 0 Å². The van der Waals surface area contributed by atoms with Crippen LogP contribution in [0.25, 0.3) is 10.9 Å². The van der Waals surface area contributed by atoms with Gasteiger partial charge in [-0.15, -0.1) is 0 Å². The molecule has 5 heteroatoms. The lowest BCUT2D eigenvalue weighted by Gasteiger charge is -2.22. The minimum absolute atomic E-state index is 0.220. The topological polar surface area (TPSA) is 58.2 Å². The van der Waals surface area contributed by atoms with E-state index in [9.17, 15) is 4.79 Å². The van der Waals surface area contributed by atoms with Crippen LogP contribution in [-0.2, 0) is 16.0 Å². The Morgan fingerprint density at radius 1 is 1.43 bits per heavy atom. The summed E-state index contributed by atoms with van der Waals surface area (Å²) >= 11 is 0. The first-order valence-corrected chi connectivity index (χ1v) is 7.52. The highest BCUT2D eigenvalue weighted by atomic mass is 16.5. The number of hydrogen-bond donors (Lipinski definition) is 1. The van der Waals surface area contributed by atoms with E-state index in [1.54, 1.807) is 6.20 Å². The number of aromatic nitrogens is 2. The normalized spacial score (nSPS) is 25.2. The fourth-order valence-electron chi connectivity index (χ4n) is 3.50. The Hall–Kier alpha value is -1.88. The largest absolute Gasteiger partial charge is 0.381 e. The maximum atomic E-state index is 12.5. The molecule has 1 aromatic carbocycles. The predicted molar refractivity (Wildman–Crippen MR) is 78.9 cm³/mol. The van der Waals surface area contributed by atoms with Crippen molar-refractivity contribution in [3.63, 3.8) is 0 Å². The van der Waals surface area contributed by atoms with E-state index in [1.807, 2.05) is 23.1 Å². The molecule has 1 atom stereocenters.